The van der Waals surface area contributed by atoms with Crippen LogP contribution in [-0.4, -0.2) is 116 Å². The highest BCUT2D eigenvalue weighted by Gasteiger charge is 2.33. The van der Waals surface area contributed by atoms with Gasteiger partial charge in [0.15, 0.2) is 6.79 Å². The molecular formula is C39H61N7O11S. The molecule has 0 aliphatic rings. The molecule has 0 spiro atoms. The fourth-order valence-corrected chi connectivity index (χ4v) is 7.22. The number of nitrogens with zero attached hydrogens (tertiary/aromatic N) is 2. The van der Waals surface area contributed by atoms with E-state index in [0.29, 0.717) is 41.4 Å². The summed E-state index contributed by atoms with van der Waals surface area (Å²) >= 11 is 0. The van der Waals surface area contributed by atoms with Crippen LogP contribution >= 0.6 is 0 Å². The van der Waals surface area contributed by atoms with Crippen molar-refractivity contribution in [3.63, 3.8) is 0 Å². The number of carbonyl (C=O) groups is 4. The number of likely N-dealkylation sites (N-methyl/N-ethyl adjacent to an activating group) is 1. The first kappa shape index (κ1) is 49.2. The highest BCUT2D eigenvalue weighted by molar-refractivity contribution is 7.90. The molecular weight excluding hydrogens is 775 g/mol. The number of benzene rings is 2. The maximum atomic E-state index is 13.7. The average molecular weight is 836 g/mol. The molecule has 58 heavy (non-hydrogen) atoms. The third-order valence-corrected chi connectivity index (χ3v) is 10.8. The number of hydroxylamine groups is 2. The zero-order chi connectivity index (χ0) is 43.7. The van der Waals surface area contributed by atoms with Crippen molar-refractivity contribution in [1.82, 2.24) is 25.7 Å². The van der Waals surface area contributed by atoms with E-state index in [1.54, 1.807) is 85.9 Å². The average Bonchev–Trinajstić information content (AvgIpc) is 3.17. The molecule has 0 aliphatic carbocycles. The van der Waals surface area contributed by atoms with Gasteiger partial charge in [0.25, 0.3) is 21.8 Å². The van der Waals surface area contributed by atoms with Crippen molar-refractivity contribution < 1.29 is 51.4 Å². The van der Waals surface area contributed by atoms with Crippen LogP contribution in [0.1, 0.15) is 67.6 Å². The summed E-state index contributed by atoms with van der Waals surface area (Å²) in [5, 5.41) is 9.18. The molecule has 2 rings (SSSR count). The first-order valence-corrected chi connectivity index (χ1v) is 20.3. The van der Waals surface area contributed by atoms with Gasteiger partial charge in [-0.15, -0.1) is 0 Å². The minimum absolute atomic E-state index is 0.00344. The van der Waals surface area contributed by atoms with E-state index in [0.717, 1.165) is 5.06 Å². The third-order valence-electron chi connectivity index (χ3n) is 9.18. The quantitative estimate of drug-likeness (QED) is 0.0356. The van der Waals surface area contributed by atoms with Gasteiger partial charge in [0.2, 0.25) is 17.8 Å². The summed E-state index contributed by atoms with van der Waals surface area (Å²) in [5.74, 6) is -2.41. The Morgan fingerprint density at radius 3 is 2.03 bits per heavy atom. The summed E-state index contributed by atoms with van der Waals surface area (Å²) in [6.07, 6.45) is 0.262. The Labute approximate surface area is 341 Å². The summed E-state index contributed by atoms with van der Waals surface area (Å²) in [5.41, 5.74) is 7.90. The van der Waals surface area contributed by atoms with Crippen molar-refractivity contribution in [2.45, 2.75) is 84.3 Å². The van der Waals surface area contributed by atoms with Crippen LogP contribution in [0.15, 0.2) is 40.2 Å². The molecule has 324 valence electrons. The second kappa shape index (κ2) is 23.4. The topological polar surface area (TPSA) is 238 Å². The zero-order valence-corrected chi connectivity index (χ0v) is 36.2. The number of guanidine groups is 1. The zero-order valence-electron chi connectivity index (χ0n) is 35.4. The molecule has 6 N–H and O–H groups in total. The number of carbonyl (C=O) groups excluding carboxylic acids is 4. The van der Waals surface area contributed by atoms with E-state index >= 15 is 0 Å². The van der Waals surface area contributed by atoms with E-state index in [9.17, 15) is 27.6 Å². The van der Waals surface area contributed by atoms with Gasteiger partial charge in [-0.05, 0) is 92.5 Å². The fraction of sp³-hybridized carbons (Fsp3) is 0.564. The first-order chi connectivity index (χ1) is 27.3. The van der Waals surface area contributed by atoms with Gasteiger partial charge in [0, 0.05) is 26.3 Å². The number of ether oxygens (including phenoxy) is 4. The van der Waals surface area contributed by atoms with Gasteiger partial charge < -0.3 is 40.6 Å². The number of rotatable bonds is 23. The molecule has 0 saturated heterocycles. The molecule has 0 fully saturated rings. The summed E-state index contributed by atoms with van der Waals surface area (Å²) in [6, 6.07) is 4.73. The van der Waals surface area contributed by atoms with Gasteiger partial charge in [0.05, 0.1) is 32.3 Å². The molecule has 0 radical (unpaired) electrons. The Bertz CT molecular complexity index is 1840. The number of nitrogens with one attached hydrogen (secondary N) is 4. The van der Waals surface area contributed by atoms with E-state index in [2.05, 4.69) is 25.7 Å². The molecule has 2 aromatic rings. The lowest BCUT2D eigenvalue weighted by molar-refractivity contribution is -0.172. The Kier molecular flexibility index (Phi) is 19.9. The molecule has 2 aromatic carbocycles. The van der Waals surface area contributed by atoms with E-state index in [4.69, 9.17) is 29.5 Å². The monoisotopic (exact) mass is 835 g/mol. The minimum Gasteiger partial charge on any atom is -0.496 e. The van der Waals surface area contributed by atoms with Crippen molar-refractivity contribution in [1.29, 1.82) is 0 Å². The molecule has 0 unspecified atom stereocenters. The van der Waals surface area contributed by atoms with E-state index in [-0.39, 0.29) is 48.5 Å². The number of hydrogen-bond acceptors (Lipinski definition) is 12. The van der Waals surface area contributed by atoms with Crippen molar-refractivity contribution >= 4 is 39.6 Å². The number of hydrogen-bond donors (Lipinski definition) is 5. The molecule has 4 amide bonds. The highest BCUT2D eigenvalue weighted by Crippen LogP contribution is 2.30. The molecule has 3 atom stereocenters. The second-order valence-corrected chi connectivity index (χ2v) is 15.8. The van der Waals surface area contributed by atoms with Crippen LogP contribution in [0, 0.1) is 32.6 Å². The Balaban J connectivity index is 2.12. The summed E-state index contributed by atoms with van der Waals surface area (Å²) in [7, 11) is 1.65. The standard InChI is InChI=1S/C39H61N7O11S/c1-23(2)32(44-37(49)33(24(3)4)43-35(47)28-14-16-29(17-15-28)57-22-56-20-19-53-9)36(48)42-30(38(50)46(8)55-11)13-12-18-41-39(40)45-58(51,52)34-25(5)21-31(54-10)26(6)27(34)7/h14-17,21,23-24,30,32-33H,12-13,18-20,22H2,1-11H3,(H,42,48)(H,43,47)(H,44,49)(H3,40,41,45)/t30-,32-,33-/m0/s1. The van der Waals surface area contributed by atoms with Crippen LogP contribution in [-0.2, 0) is 38.7 Å². The molecule has 0 saturated carbocycles. The fourth-order valence-electron chi connectivity index (χ4n) is 5.74. The number of amides is 4. The van der Waals surface area contributed by atoms with Gasteiger partial charge in [-0.1, -0.05) is 27.7 Å². The Morgan fingerprint density at radius 1 is 0.862 bits per heavy atom. The van der Waals surface area contributed by atoms with Crippen molar-refractivity contribution in [2.75, 3.05) is 54.9 Å². The SMILES string of the molecule is COCCOCOc1ccc(C(=O)N[C@H](C(=O)N[C@H](C(=O)N[C@@H](CCCN=C(N)NS(=O)(=O)c2c(C)cc(OC)c(C)c2C)C(=O)N(C)OC)C(C)C)C(C)C)cc1. The molecule has 0 heterocycles. The number of nitrogens with two attached hydrogens (primary N) is 1. The van der Waals surface area contributed by atoms with E-state index in [1.807, 2.05) is 0 Å². The lowest BCUT2D eigenvalue weighted by Crippen LogP contribution is -2.59. The predicted molar refractivity (Wildman–Crippen MR) is 218 cm³/mol. The number of methoxy groups -OCH3 is 2. The van der Waals surface area contributed by atoms with E-state index < -0.39 is 57.7 Å². The summed E-state index contributed by atoms with van der Waals surface area (Å²) in [6.45, 7) is 12.9. The van der Waals surface area contributed by atoms with Crippen molar-refractivity contribution in [3.05, 3.63) is 52.6 Å². The van der Waals surface area contributed by atoms with Crippen LogP contribution in [0.2, 0.25) is 0 Å². The smallest absolute Gasteiger partial charge is 0.268 e. The lowest BCUT2D eigenvalue weighted by Gasteiger charge is -2.29. The first-order valence-electron chi connectivity index (χ1n) is 18.8. The normalized spacial score (nSPS) is 13.4. The van der Waals surface area contributed by atoms with Gasteiger partial charge in [-0.2, -0.15) is 0 Å². The molecule has 0 aromatic heterocycles. The number of aliphatic imine (C=N–C) groups is 1. The van der Waals surface area contributed by atoms with Crippen LogP contribution in [0.25, 0.3) is 0 Å². The molecule has 18 nitrogen and oxygen atoms in total. The van der Waals surface area contributed by atoms with Crippen LogP contribution in [0.3, 0.4) is 0 Å². The minimum atomic E-state index is -4.10. The maximum absolute atomic E-state index is 13.7. The van der Waals surface area contributed by atoms with Gasteiger partial charge >= 0.3 is 0 Å². The summed E-state index contributed by atoms with van der Waals surface area (Å²) < 4.78 is 49.9. The predicted octanol–water partition coefficient (Wildman–Crippen LogP) is 2.09. The second-order valence-electron chi connectivity index (χ2n) is 14.2. The molecule has 0 aliphatic heterocycles. The van der Waals surface area contributed by atoms with Crippen LogP contribution in [0.5, 0.6) is 11.5 Å². The lowest BCUT2D eigenvalue weighted by atomic mass is 9.98. The van der Waals surface area contributed by atoms with Gasteiger partial charge in [0.1, 0.15) is 29.6 Å². The maximum Gasteiger partial charge on any atom is 0.268 e. The third kappa shape index (κ3) is 14.4. The van der Waals surface area contributed by atoms with Gasteiger partial charge in [-0.3, -0.25) is 29.0 Å². The largest absolute Gasteiger partial charge is 0.496 e. The van der Waals surface area contributed by atoms with Gasteiger partial charge in [-0.25, -0.2) is 18.2 Å². The summed E-state index contributed by atoms with van der Waals surface area (Å²) in [4.78, 5) is 63.0. The highest BCUT2D eigenvalue weighted by atomic mass is 32.2. The van der Waals surface area contributed by atoms with Crippen molar-refractivity contribution in [3.8, 4) is 11.5 Å². The van der Waals surface area contributed by atoms with E-state index in [1.165, 1.54) is 21.3 Å². The number of aryl methyl sites for hydroxylation is 1. The Hall–Kier alpha value is -4.98. The van der Waals surface area contributed by atoms with Crippen LogP contribution < -0.4 is 35.9 Å². The molecule has 19 heteroatoms. The number of sulfonamides is 1. The van der Waals surface area contributed by atoms with Crippen LogP contribution in [0.4, 0.5) is 0 Å². The molecule has 0 bridgehead atoms. The Morgan fingerprint density at radius 2 is 1.47 bits per heavy atom. The van der Waals surface area contributed by atoms with Crippen molar-refractivity contribution in [2.24, 2.45) is 22.6 Å².